The Labute approximate surface area is 127 Å². The van der Waals surface area contributed by atoms with Crippen molar-refractivity contribution in [3.63, 3.8) is 0 Å². The van der Waals surface area contributed by atoms with Crippen LogP contribution in [-0.2, 0) is 6.42 Å². The smallest absolute Gasteiger partial charge is 0.193 e. The third-order valence-corrected chi connectivity index (χ3v) is 3.88. The summed E-state index contributed by atoms with van der Waals surface area (Å²) in [5.74, 6) is 0.983. The first-order chi connectivity index (χ1) is 10.2. The monoisotopic (exact) mass is 289 g/mol. The van der Waals surface area contributed by atoms with E-state index in [2.05, 4.69) is 48.3 Å². The van der Waals surface area contributed by atoms with E-state index >= 15 is 0 Å². The molecule has 21 heavy (non-hydrogen) atoms. The Morgan fingerprint density at radius 2 is 1.95 bits per heavy atom. The van der Waals surface area contributed by atoms with Gasteiger partial charge < -0.3 is 15.3 Å². The van der Waals surface area contributed by atoms with Gasteiger partial charge in [-0.15, -0.1) is 0 Å². The molecule has 1 aromatic rings. The van der Waals surface area contributed by atoms with E-state index in [-0.39, 0.29) is 6.10 Å². The minimum Gasteiger partial charge on any atom is -0.393 e. The molecule has 0 aliphatic carbocycles. The lowest BCUT2D eigenvalue weighted by Gasteiger charge is -2.32. The van der Waals surface area contributed by atoms with Gasteiger partial charge in [-0.25, -0.2) is 0 Å². The third kappa shape index (κ3) is 5.05. The Kier molecular flexibility index (Phi) is 6.05. The minimum absolute atomic E-state index is 0.142. The Morgan fingerprint density at radius 3 is 2.57 bits per heavy atom. The van der Waals surface area contributed by atoms with E-state index in [1.165, 1.54) is 11.1 Å². The number of rotatable bonds is 4. The standard InChI is InChI=1S/C17H27N3O/c1-3-18-17(20-12-9-16(21)10-13-20)19-11-8-15-6-4-14(2)5-7-15/h4-7,16,21H,3,8-13H2,1-2H3,(H,18,19). The van der Waals surface area contributed by atoms with Gasteiger partial charge in [-0.05, 0) is 38.7 Å². The molecule has 0 atom stereocenters. The molecular weight excluding hydrogens is 262 g/mol. The van der Waals surface area contributed by atoms with Crippen LogP contribution >= 0.6 is 0 Å². The van der Waals surface area contributed by atoms with E-state index in [1.54, 1.807) is 0 Å². The number of likely N-dealkylation sites (tertiary alicyclic amines) is 1. The van der Waals surface area contributed by atoms with Crippen LogP contribution in [0.15, 0.2) is 29.3 Å². The van der Waals surface area contributed by atoms with E-state index in [0.29, 0.717) is 0 Å². The zero-order valence-electron chi connectivity index (χ0n) is 13.2. The highest BCUT2D eigenvalue weighted by Gasteiger charge is 2.19. The van der Waals surface area contributed by atoms with Crippen molar-refractivity contribution >= 4 is 5.96 Å². The highest BCUT2D eigenvalue weighted by molar-refractivity contribution is 5.80. The Hall–Kier alpha value is -1.55. The van der Waals surface area contributed by atoms with Crippen LogP contribution in [0.25, 0.3) is 0 Å². The second kappa shape index (κ2) is 8.03. The number of aliphatic hydroxyl groups is 1. The van der Waals surface area contributed by atoms with Crippen molar-refractivity contribution in [1.82, 2.24) is 10.2 Å². The number of aliphatic hydroxyl groups excluding tert-OH is 1. The van der Waals surface area contributed by atoms with Crippen molar-refractivity contribution in [2.45, 2.75) is 39.2 Å². The summed E-state index contributed by atoms with van der Waals surface area (Å²) in [6.45, 7) is 7.65. The van der Waals surface area contributed by atoms with Gasteiger partial charge in [0.15, 0.2) is 5.96 Å². The number of nitrogens with zero attached hydrogens (tertiary/aromatic N) is 2. The number of hydrogen-bond donors (Lipinski definition) is 2. The summed E-state index contributed by atoms with van der Waals surface area (Å²) in [5.41, 5.74) is 2.62. The van der Waals surface area contributed by atoms with Gasteiger partial charge in [-0.1, -0.05) is 29.8 Å². The number of nitrogens with one attached hydrogen (secondary N) is 1. The van der Waals surface area contributed by atoms with Gasteiger partial charge in [-0.2, -0.15) is 0 Å². The van der Waals surface area contributed by atoms with Crippen LogP contribution in [0, 0.1) is 6.92 Å². The van der Waals surface area contributed by atoms with Gasteiger partial charge in [-0.3, -0.25) is 4.99 Å². The Bertz CT molecular complexity index is 448. The average Bonchev–Trinajstić information content (AvgIpc) is 2.49. The number of aryl methyl sites for hydroxylation is 1. The van der Waals surface area contributed by atoms with Gasteiger partial charge in [0.2, 0.25) is 0 Å². The Morgan fingerprint density at radius 1 is 1.29 bits per heavy atom. The predicted octanol–water partition coefficient (Wildman–Crippen LogP) is 1.96. The lowest BCUT2D eigenvalue weighted by Crippen LogP contribution is -2.46. The molecule has 1 heterocycles. The summed E-state index contributed by atoms with van der Waals surface area (Å²) in [7, 11) is 0. The van der Waals surface area contributed by atoms with Crippen LogP contribution in [0.3, 0.4) is 0 Å². The van der Waals surface area contributed by atoms with Gasteiger partial charge in [0.25, 0.3) is 0 Å². The van der Waals surface area contributed by atoms with Crippen LogP contribution in [0.4, 0.5) is 0 Å². The lowest BCUT2D eigenvalue weighted by molar-refractivity contribution is 0.108. The SMILES string of the molecule is CCNC(=NCCc1ccc(C)cc1)N1CCC(O)CC1. The van der Waals surface area contributed by atoms with E-state index in [4.69, 9.17) is 4.99 Å². The first-order valence-corrected chi connectivity index (χ1v) is 7.96. The van der Waals surface area contributed by atoms with Gasteiger partial charge in [0.05, 0.1) is 6.10 Å². The fourth-order valence-electron chi connectivity index (χ4n) is 2.55. The molecule has 0 saturated carbocycles. The molecule has 1 saturated heterocycles. The molecular formula is C17H27N3O. The number of aliphatic imine (C=N–C) groups is 1. The molecule has 2 rings (SSSR count). The van der Waals surface area contributed by atoms with Crippen molar-refractivity contribution in [3.05, 3.63) is 35.4 Å². The maximum Gasteiger partial charge on any atom is 0.193 e. The fourth-order valence-corrected chi connectivity index (χ4v) is 2.55. The zero-order valence-corrected chi connectivity index (χ0v) is 13.2. The summed E-state index contributed by atoms with van der Waals surface area (Å²) >= 11 is 0. The number of hydrogen-bond acceptors (Lipinski definition) is 2. The molecule has 116 valence electrons. The van der Waals surface area contributed by atoms with E-state index < -0.39 is 0 Å². The first kappa shape index (κ1) is 15.8. The highest BCUT2D eigenvalue weighted by atomic mass is 16.3. The molecule has 0 spiro atoms. The molecule has 1 aromatic carbocycles. The van der Waals surface area contributed by atoms with Crippen LogP contribution in [0.2, 0.25) is 0 Å². The van der Waals surface area contributed by atoms with Gasteiger partial charge >= 0.3 is 0 Å². The molecule has 0 aromatic heterocycles. The van der Waals surface area contributed by atoms with Crippen LogP contribution in [-0.4, -0.2) is 48.2 Å². The predicted molar refractivity (Wildman–Crippen MR) is 87.7 cm³/mol. The van der Waals surface area contributed by atoms with Crippen molar-refractivity contribution in [1.29, 1.82) is 0 Å². The fraction of sp³-hybridized carbons (Fsp3) is 0.588. The molecule has 0 unspecified atom stereocenters. The summed E-state index contributed by atoms with van der Waals surface area (Å²) in [6, 6.07) is 8.65. The summed E-state index contributed by atoms with van der Waals surface area (Å²) in [4.78, 5) is 6.99. The molecule has 1 aliphatic heterocycles. The zero-order chi connectivity index (χ0) is 15.1. The molecule has 0 radical (unpaired) electrons. The van der Waals surface area contributed by atoms with Crippen molar-refractivity contribution in [2.24, 2.45) is 4.99 Å². The maximum absolute atomic E-state index is 9.60. The quantitative estimate of drug-likeness (QED) is 0.658. The lowest BCUT2D eigenvalue weighted by atomic mass is 10.1. The van der Waals surface area contributed by atoms with Crippen LogP contribution in [0.5, 0.6) is 0 Å². The van der Waals surface area contributed by atoms with E-state index in [1.807, 2.05) is 0 Å². The Balaban J connectivity index is 1.89. The molecule has 0 bridgehead atoms. The van der Waals surface area contributed by atoms with E-state index in [0.717, 1.165) is 51.4 Å². The summed E-state index contributed by atoms with van der Waals surface area (Å²) in [6.07, 6.45) is 2.49. The molecule has 1 fully saturated rings. The topological polar surface area (TPSA) is 47.9 Å². The third-order valence-electron chi connectivity index (χ3n) is 3.88. The van der Waals surface area contributed by atoms with Gasteiger partial charge in [0.1, 0.15) is 0 Å². The van der Waals surface area contributed by atoms with Crippen molar-refractivity contribution in [3.8, 4) is 0 Å². The van der Waals surface area contributed by atoms with Gasteiger partial charge in [0, 0.05) is 26.2 Å². The second-order valence-corrected chi connectivity index (χ2v) is 5.69. The van der Waals surface area contributed by atoms with Crippen molar-refractivity contribution in [2.75, 3.05) is 26.2 Å². The summed E-state index contributed by atoms with van der Waals surface area (Å²) < 4.78 is 0. The molecule has 1 aliphatic rings. The van der Waals surface area contributed by atoms with Crippen LogP contribution in [0.1, 0.15) is 30.9 Å². The molecule has 4 heteroatoms. The van der Waals surface area contributed by atoms with E-state index in [9.17, 15) is 5.11 Å². The molecule has 2 N–H and O–H groups in total. The largest absolute Gasteiger partial charge is 0.393 e. The number of benzene rings is 1. The summed E-state index contributed by atoms with van der Waals surface area (Å²) in [5, 5.41) is 13.0. The number of piperidine rings is 1. The maximum atomic E-state index is 9.60. The normalized spacial score (nSPS) is 17.1. The average molecular weight is 289 g/mol. The first-order valence-electron chi connectivity index (χ1n) is 7.96. The highest BCUT2D eigenvalue weighted by Crippen LogP contribution is 2.10. The van der Waals surface area contributed by atoms with Crippen LogP contribution < -0.4 is 5.32 Å². The molecule has 0 amide bonds. The number of guanidine groups is 1. The van der Waals surface area contributed by atoms with Crippen molar-refractivity contribution < 1.29 is 5.11 Å². The minimum atomic E-state index is -0.142. The second-order valence-electron chi connectivity index (χ2n) is 5.69. The molecule has 4 nitrogen and oxygen atoms in total.